The minimum Gasteiger partial charge on any atom is -0.460 e. The van der Waals surface area contributed by atoms with E-state index in [2.05, 4.69) is 4.18 Å². The van der Waals surface area contributed by atoms with Gasteiger partial charge >= 0.3 is 5.97 Å². The highest BCUT2D eigenvalue weighted by Gasteiger charge is 2.22. The van der Waals surface area contributed by atoms with E-state index in [0.717, 1.165) is 6.26 Å². The summed E-state index contributed by atoms with van der Waals surface area (Å²) in [7, 11) is -3.50. The van der Waals surface area contributed by atoms with Gasteiger partial charge in [-0.25, -0.2) is 0 Å². The maximum Gasteiger partial charge on any atom is 0.311 e. The number of hydrogen-bond acceptors (Lipinski definition) is 5. The summed E-state index contributed by atoms with van der Waals surface area (Å²) in [5, 5.41) is 0. The van der Waals surface area contributed by atoms with E-state index < -0.39 is 27.6 Å². The number of rotatable bonds is 4. The number of ether oxygens (including phenoxy) is 1. The Bertz CT molecular complexity index is 312. The molecule has 0 saturated heterocycles. The Kier molecular flexibility index (Phi) is 4.73. The van der Waals surface area contributed by atoms with Crippen LogP contribution in [0.2, 0.25) is 0 Å². The van der Waals surface area contributed by atoms with E-state index in [-0.39, 0.29) is 6.61 Å². The number of esters is 1. The average molecular weight is 238 g/mol. The van der Waals surface area contributed by atoms with E-state index in [0.29, 0.717) is 0 Å². The Labute approximate surface area is 90.9 Å². The van der Waals surface area contributed by atoms with Gasteiger partial charge in [0, 0.05) is 0 Å². The highest BCUT2D eigenvalue weighted by atomic mass is 32.2. The molecule has 90 valence electrons. The van der Waals surface area contributed by atoms with Gasteiger partial charge in [0.15, 0.2) is 0 Å². The topological polar surface area (TPSA) is 69.7 Å². The Hall–Kier alpha value is -0.620. The predicted octanol–water partition coefficient (Wildman–Crippen LogP) is 0.940. The summed E-state index contributed by atoms with van der Waals surface area (Å²) in [6, 6.07) is 0. The average Bonchev–Trinajstić information content (AvgIpc) is 1.95. The summed E-state index contributed by atoms with van der Waals surface area (Å²) in [6.45, 7) is 6.60. The molecule has 0 spiro atoms. The van der Waals surface area contributed by atoms with Crippen LogP contribution in [0, 0.1) is 5.92 Å². The molecule has 0 N–H and O–H groups in total. The van der Waals surface area contributed by atoms with E-state index in [1.807, 2.05) is 0 Å². The molecule has 0 bridgehead atoms. The van der Waals surface area contributed by atoms with Crippen molar-refractivity contribution in [3.05, 3.63) is 0 Å². The highest BCUT2D eigenvalue weighted by molar-refractivity contribution is 7.85. The van der Waals surface area contributed by atoms with E-state index >= 15 is 0 Å². The number of hydrogen-bond donors (Lipinski definition) is 0. The van der Waals surface area contributed by atoms with Gasteiger partial charge < -0.3 is 4.74 Å². The summed E-state index contributed by atoms with van der Waals surface area (Å²) in [5.41, 5.74) is -0.573. The van der Waals surface area contributed by atoms with Crippen molar-refractivity contribution in [2.45, 2.75) is 33.3 Å². The van der Waals surface area contributed by atoms with E-state index in [4.69, 9.17) is 4.74 Å². The zero-order valence-corrected chi connectivity index (χ0v) is 10.6. The molecule has 0 heterocycles. The first-order valence-corrected chi connectivity index (χ1v) is 6.40. The van der Waals surface area contributed by atoms with Crippen molar-refractivity contribution in [1.82, 2.24) is 0 Å². The smallest absolute Gasteiger partial charge is 0.311 e. The van der Waals surface area contributed by atoms with Crippen LogP contribution in [-0.4, -0.2) is 32.9 Å². The third-order valence-corrected chi connectivity index (χ3v) is 1.91. The summed E-state index contributed by atoms with van der Waals surface area (Å²) >= 11 is 0. The van der Waals surface area contributed by atoms with Crippen LogP contribution in [0.1, 0.15) is 27.7 Å². The van der Waals surface area contributed by atoms with Gasteiger partial charge in [0.1, 0.15) is 5.60 Å². The van der Waals surface area contributed by atoms with E-state index in [1.54, 1.807) is 27.7 Å². The van der Waals surface area contributed by atoms with Crippen LogP contribution in [0.25, 0.3) is 0 Å². The van der Waals surface area contributed by atoms with Gasteiger partial charge in [0.25, 0.3) is 10.1 Å². The lowest BCUT2D eigenvalue weighted by molar-refractivity contribution is -0.160. The molecule has 0 aliphatic rings. The normalized spacial score (nSPS) is 14.7. The molecule has 15 heavy (non-hydrogen) atoms. The fraction of sp³-hybridized carbons (Fsp3) is 0.889. The van der Waals surface area contributed by atoms with Gasteiger partial charge in [-0.3, -0.25) is 8.98 Å². The molecule has 0 fully saturated rings. The van der Waals surface area contributed by atoms with Crippen molar-refractivity contribution in [3.8, 4) is 0 Å². The maximum absolute atomic E-state index is 11.4. The Morgan fingerprint density at radius 2 is 1.80 bits per heavy atom. The number of carbonyl (C=O) groups excluding carboxylic acids is 1. The minimum atomic E-state index is -3.50. The molecule has 1 atom stereocenters. The molecule has 0 rings (SSSR count). The third kappa shape index (κ3) is 8.38. The molecule has 6 heteroatoms. The molecule has 5 nitrogen and oxygen atoms in total. The molecule has 0 aliphatic carbocycles. The van der Waals surface area contributed by atoms with Crippen molar-refractivity contribution in [1.29, 1.82) is 0 Å². The summed E-state index contributed by atoms with van der Waals surface area (Å²) in [4.78, 5) is 11.4. The first kappa shape index (κ1) is 14.4. The maximum atomic E-state index is 11.4. The zero-order valence-electron chi connectivity index (χ0n) is 9.73. The lowest BCUT2D eigenvalue weighted by Gasteiger charge is -2.21. The van der Waals surface area contributed by atoms with Crippen LogP contribution in [0.3, 0.4) is 0 Å². The Morgan fingerprint density at radius 1 is 1.33 bits per heavy atom. The monoisotopic (exact) mass is 238 g/mol. The molecule has 0 aromatic rings. The van der Waals surface area contributed by atoms with Gasteiger partial charge in [0.05, 0.1) is 18.8 Å². The van der Waals surface area contributed by atoms with Gasteiger partial charge in [-0.15, -0.1) is 0 Å². The second kappa shape index (κ2) is 4.94. The Balaban J connectivity index is 4.12. The lowest BCUT2D eigenvalue weighted by Crippen LogP contribution is -2.30. The predicted molar refractivity (Wildman–Crippen MR) is 55.8 cm³/mol. The summed E-state index contributed by atoms with van der Waals surface area (Å²) < 4.78 is 30.9. The van der Waals surface area contributed by atoms with Gasteiger partial charge in [-0.05, 0) is 27.7 Å². The fourth-order valence-corrected chi connectivity index (χ4v) is 1.15. The van der Waals surface area contributed by atoms with E-state index in [1.165, 1.54) is 0 Å². The largest absolute Gasteiger partial charge is 0.460 e. The second-order valence-corrected chi connectivity index (χ2v) is 6.07. The third-order valence-electron chi connectivity index (χ3n) is 1.34. The standard InChI is InChI=1S/C9H18O5S/c1-7(6-13-15(5,11)12)8(10)14-9(2,3)4/h7H,6H2,1-5H3/t7-/m1/s1. The quantitative estimate of drug-likeness (QED) is 0.538. The zero-order chi connectivity index (χ0) is 12.3. The first-order chi connectivity index (χ1) is 6.51. The van der Waals surface area contributed by atoms with Crippen LogP contribution >= 0.6 is 0 Å². The van der Waals surface area contributed by atoms with Crippen LogP contribution in [0.15, 0.2) is 0 Å². The molecular weight excluding hydrogens is 220 g/mol. The van der Waals surface area contributed by atoms with Crippen LogP contribution in [-0.2, 0) is 23.8 Å². The van der Waals surface area contributed by atoms with Crippen LogP contribution < -0.4 is 0 Å². The summed E-state index contributed by atoms with van der Waals surface area (Å²) in [6.07, 6.45) is 0.939. The molecule has 0 radical (unpaired) electrons. The van der Waals surface area contributed by atoms with Crippen molar-refractivity contribution in [2.75, 3.05) is 12.9 Å². The molecule has 0 amide bonds. The van der Waals surface area contributed by atoms with Gasteiger partial charge in [-0.1, -0.05) is 0 Å². The first-order valence-electron chi connectivity index (χ1n) is 4.58. The number of carbonyl (C=O) groups is 1. The minimum absolute atomic E-state index is 0.187. The molecule has 0 saturated carbocycles. The molecular formula is C9H18O5S. The van der Waals surface area contributed by atoms with Gasteiger partial charge in [-0.2, -0.15) is 8.42 Å². The fourth-order valence-electron chi connectivity index (χ4n) is 0.696. The van der Waals surface area contributed by atoms with Gasteiger partial charge in [0.2, 0.25) is 0 Å². The molecule has 0 aromatic heterocycles. The summed E-state index contributed by atoms with van der Waals surface area (Å²) in [5.74, 6) is -1.06. The van der Waals surface area contributed by atoms with Crippen LogP contribution in [0.5, 0.6) is 0 Å². The SMILES string of the molecule is C[C@H](COS(C)(=O)=O)C(=O)OC(C)(C)C. The Morgan fingerprint density at radius 3 is 2.13 bits per heavy atom. The van der Waals surface area contributed by atoms with Crippen molar-refractivity contribution >= 4 is 16.1 Å². The second-order valence-electron chi connectivity index (χ2n) is 4.42. The lowest BCUT2D eigenvalue weighted by atomic mass is 10.1. The highest BCUT2D eigenvalue weighted by Crippen LogP contribution is 2.11. The van der Waals surface area contributed by atoms with Crippen molar-refractivity contribution in [3.63, 3.8) is 0 Å². The van der Waals surface area contributed by atoms with Crippen LogP contribution in [0.4, 0.5) is 0 Å². The molecule has 0 aliphatic heterocycles. The van der Waals surface area contributed by atoms with Crippen molar-refractivity contribution in [2.24, 2.45) is 5.92 Å². The van der Waals surface area contributed by atoms with Crippen molar-refractivity contribution < 1.29 is 22.1 Å². The molecule has 0 unspecified atom stereocenters. The van der Waals surface area contributed by atoms with E-state index in [9.17, 15) is 13.2 Å². The molecule has 0 aromatic carbocycles.